The van der Waals surface area contributed by atoms with Crippen LogP contribution in [0.15, 0.2) is 48.5 Å². The normalized spacial score (nSPS) is 16.8. The lowest BCUT2D eigenvalue weighted by molar-refractivity contribution is -0.126. The average molecular weight is 359 g/mol. The summed E-state index contributed by atoms with van der Waals surface area (Å²) in [5.41, 5.74) is 1.59. The minimum atomic E-state index is -0.380. The second-order valence-corrected chi connectivity index (χ2v) is 6.33. The van der Waals surface area contributed by atoms with Crippen molar-refractivity contribution in [3.8, 4) is 5.75 Å². The third-order valence-corrected chi connectivity index (χ3v) is 4.56. The summed E-state index contributed by atoms with van der Waals surface area (Å²) in [6.45, 7) is 0.735. The molecule has 1 unspecified atom stereocenters. The van der Waals surface area contributed by atoms with Gasteiger partial charge < -0.3 is 15.0 Å². The molecule has 2 amide bonds. The highest BCUT2D eigenvalue weighted by Crippen LogP contribution is 2.31. The Morgan fingerprint density at radius 2 is 2.08 bits per heavy atom. The number of benzene rings is 2. The molecule has 1 atom stereocenters. The van der Waals surface area contributed by atoms with Crippen LogP contribution in [0.3, 0.4) is 0 Å². The molecule has 1 saturated heterocycles. The van der Waals surface area contributed by atoms with Gasteiger partial charge in [-0.15, -0.1) is 0 Å². The lowest BCUT2D eigenvalue weighted by Gasteiger charge is -2.18. The molecule has 1 aliphatic heterocycles. The molecule has 5 nitrogen and oxygen atoms in total. The van der Waals surface area contributed by atoms with Crippen LogP contribution in [0, 0.1) is 5.92 Å². The molecule has 0 radical (unpaired) electrons. The van der Waals surface area contributed by atoms with Crippen molar-refractivity contribution in [3.63, 3.8) is 0 Å². The van der Waals surface area contributed by atoms with Crippen molar-refractivity contribution in [3.05, 3.63) is 59.1 Å². The van der Waals surface area contributed by atoms with E-state index in [9.17, 15) is 9.59 Å². The molecule has 25 heavy (non-hydrogen) atoms. The van der Waals surface area contributed by atoms with Crippen molar-refractivity contribution >= 4 is 29.1 Å². The highest BCUT2D eigenvalue weighted by molar-refractivity contribution is 6.33. The van der Waals surface area contributed by atoms with E-state index in [0.717, 1.165) is 11.3 Å². The molecule has 0 spiro atoms. The quantitative estimate of drug-likeness (QED) is 0.893. The molecule has 0 saturated carbocycles. The summed E-state index contributed by atoms with van der Waals surface area (Å²) in [5.74, 6) is 0.141. The zero-order valence-electron chi connectivity index (χ0n) is 13.9. The van der Waals surface area contributed by atoms with Crippen LogP contribution in [0.5, 0.6) is 5.75 Å². The Labute approximate surface area is 151 Å². The SMILES string of the molecule is COc1cccc(CNC(=O)C2CC(=O)N(c3ccccc3Cl)C2)c1. The van der Waals surface area contributed by atoms with Crippen LogP contribution in [0.4, 0.5) is 5.69 Å². The molecule has 0 aliphatic carbocycles. The average Bonchev–Trinajstić information content (AvgIpc) is 3.02. The Morgan fingerprint density at radius 3 is 2.84 bits per heavy atom. The number of para-hydroxylation sites is 1. The third kappa shape index (κ3) is 3.94. The zero-order chi connectivity index (χ0) is 17.8. The number of amides is 2. The molecule has 130 valence electrons. The Hall–Kier alpha value is -2.53. The lowest BCUT2D eigenvalue weighted by Crippen LogP contribution is -2.32. The molecule has 1 fully saturated rings. The van der Waals surface area contributed by atoms with Crippen molar-refractivity contribution in [1.82, 2.24) is 5.32 Å². The molecule has 6 heteroatoms. The van der Waals surface area contributed by atoms with E-state index in [1.54, 1.807) is 24.1 Å². The van der Waals surface area contributed by atoms with Gasteiger partial charge in [0.15, 0.2) is 0 Å². The fraction of sp³-hybridized carbons (Fsp3) is 0.263. The Balaban J connectivity index is 1.62. The number of nitrogens with one attached hydrogen (secondary N) is 1. The number of nitrogens with zero attached hydrogens (tertiary/aromatic N) is 1. The predicted molar refractivity (Wildman–Crippen MR) is 96.8 cm³/mol. The molecule has 1 N–H and O–H groups in total. The number of carbonyl (C=O) groups is 2. The Kier molecular flexibility index (Phi) is 5.24. The molecule has 2 aromatic rings. The monoisotopic (exact) mass is 358 g/mol. The van der Waals surface area contributed by atoms with E-state index in [2.05, 4.69) is 5.32 Å². The highest BCUT2D eigenvalue weighted by Gasteiger charge is 2.35. The number of rotatable bonds is 5. The summed E-state index contributed by atoms with van der Waals surface area (Å²) >= 11 is 6.16. The van der Waals surface area contributed by atoms with Crippen LogP contribution in [-0.4, -0.2) is 25.5 Å². The number of ether oxygens (including phenoxy) is 1. The Bertz CT molecular complexity index is 794. The van der Waals surface area contributed by atoms with Gasteiger partial charge in [0, 0.05) is 19.5 Å². The van der Waals surface area contributed by atoms with Gasteiger partial charge in [-0.3, -0.25) is 9.59 Å². The first-order chi connectivity index (χ1) is 12.1. The van der Waals surface area contributed by atoms with E-state index in [1.807, 2.05) is 36.4 Å². The first kappa shape index (κ1) is 17.3. The van der Waals surface area contributed by atoms with Crippen LogP contribution in [0.2, 0.25) is 5.02 Å². The molecular weight excluding hydrogens is 340 g/mol. The summed E-state index contributed by atoms with van der Waals surface area (Å²) < 4.78 is 5.17. The van der Waals surface area contributed by atoms with Crippen LogP contribution in [-0.2, 0) is 16.1 Å². The number of hydrogen-bond acceptors (Lipinski definition) is 3. The highest BCUT2D eigenvalue weighted by atomic mass is 35.5. The van der Waals surface area contributed by atoms with Gasteiger partial charge in [-0.1, -0.05) is 35.9 Å². The maximum atomic E-state index is 12.4. The van der Waals surface area contributed by atoms with E-state index in [4.69, 9.17) is 16.3 Å². The summed E-state index contributed by atoms with van der Waals surface area (Å²) in [4.78, 5) is 26.3. The maximum Gasteiger partial charge on any atom is 0.227 e. The number of anilines is 1. The van der Waals surface area contributed by atoms with Crippen molar-refractivity contribution in [2.45, 2.75) is 13.0 Å². The molecule has 3 rings (SSSR count). The van der Waals surface area contributed by atoms with Crippen molar-refractivity contribution < 1.29 is 14.3 Å². The number of hydrogen-bond donors (Lipinski definition) is 1. The first-order valence-corrected chi connectivity index (χ1v) is 8.42. The number of carbonyl (C=O) groups excluding carboxylic acids is 2. The van der Waals surface area contributed by atoms with E-state index in [0.29, 0.717) is 23.8 Å². The molecule has 0 aromatic heterocycles. The minimum Gasteiger partial charge on any atom is -0.497 e. The van der Waals surface area contributed by atoms with Crippen LogP contribution in [0.25, 0.3) is 0 Å². The predicted octanol–water partition coefficient (Wildman–Crippen LogP) is 3.02. The summed E-state index contributed by atoms with van der Waals surface area (Å²) in [6.07, 6.45) is 0.190. The Morgan fingerprint density at radius 1 is 1.28 bits per heavy atom. The van der Waals surface area contributed by atoms with E-state index in [1.165, 1.54) is 0 Å². The van der Waals surface area contributed by atoms with Gasteiger partial charge in [-0.25, -0.2) is 0 Å². The van der Waals surface area contributed by atoms with Crippen LogP contribution < -0.4 is 15.0 Å². The van der Waals surface area contributed by atoms with Crippen molar-refractivity contribution in [2.24, 2.45) is 5.92 Å². The number of methoxy groups -OCH3 is 1. The smallest absolute Gasteiger partial charge is 0.227 e. The summed E-state index contributed by atoms with van der Waals surface area (Å²) in [7, 11) is 1.60. The third-order valence-electron chi connectivity index (χ3n) is 4.24. The summed E-state index contributed by atoms with van der Waals surface area (Å²) in [5, 5.41) is 3.40. The molecule has 1 heterocycles. The minimum absolute atomic E-state index is 0.0883. The van der Waals surface area contributed by atoms with Gasteiger partial charge in [0.2, 0.25) is 11.8 Å². The largest absolute Gasteiger partial charge is 0.497 e. The van der Waals surface area contributed by atoms with Gasteiger partial charge >= 0.3 is 0 Å². The van der Waals surface area contributed by atoms with Gasteiger partial charge in [-0.2, -0.15) is 0 Å². The fourth-order valence-electron chi connectivity index (χ4n) is 2.90. The second kappa shape index (κ2) is 7.57. The van der Waals surface area contributed by atoms with Gasteiger partial charge in [0.25, 0.3) is 0 Å². The van der Waals surface area contributed by atoms with E-state index in [-0.39, 0.29) is 24.2 Å². The maximum absolute atomic E-state index is 12.4. The van der Waals surface area contributed by atoms with E-state index < -0.39 is 0 Å². The van der Waals surface area contributed by atoms with Crippen LogP contribution in [0.1, 0.15) is 12.0 Å². The van der Waals surface area contributed by atoms with E-state index >= 15 is 0 Å². The van der Waals surface area contributed by atoms with Gasteiger partial charge in [0.1, 0.15) is 5.75 Å². The molecule has 0 bridgehead atoms. The van der Waals surface area contributed by atoms with Crippen molar-refractivity contribution in [2.75, 3.05) is 18.6 Å². The molecule has 2 aromatic carbocycles. The van der Waals surface area contributed by atoms with Crippen molar-refractivity contribution in [1.29, 1.82) is 0 Å². The van der Waals surface area contributed by atoms with Gasteiger partial charge in [-0.05, 0) is 29.8 Å². The fourth-order valence-corrected chi connectivity index (χ4v) is 3.14. The topological polar surface area (TPSA) is 58.6 Å². The first-order valence-electron chi connectivity index (χ1n) is 8.04. The number of halogens is 1. The zero-order valence-corrected chi connectivity index (χ0v) is 14.6. The lowest BCUT2D eigenvalue weighted by atomic mass is 10.1. The van der Waals surface area contributed by atoms with Crippen LogP contribution >= 0.6 is 11.6 Å². The standard InChI is InChI=1S/C19H19ClN2O3/c1-25-15-6-4-5-13(9-15)11-21-19(24)14-10-18(23)22(12-14)17-8-3-2-7-16(17)20/h2-9,14H,10-12H2,1H3,(H,21,24). The van der Waals surface area contributed by atoms with Gasteiger partial charge in [0.05, 0.1) is 23.7 Å². The summed E-state index contributed by atoms with van der Waals surface area (Å²) in [6, 6.07) is 14.7. The molecular formula is C19H19ClN2O3. The molecule has 1 aliphatic rings. The second-order valence-electron chi connectivity index (χ2n) is 5.93.